The van der Waals surface area contributed by atoms with E-state index in [1.807, 2.05) is 13.0 Å². The Kier molecular flexibility index (Phi) is 12.7. The first-order valence-electron chi connectivity index (χ1n) is 16.6. The average molecular weight is 569 g/mol. The van der Waals surface area contributed by atoms with Crippen molar-refractivity contribution in [3.8, 4) is 16.9 Å². The van der Waals surface area contributed by atoms with Gasteiger partial charge in [0.1, 0.15) is 5.82 Å². The van der Waals surface area contributed by atoms with E-state index in [9.17, 15) is 8.78 Å². The smallest absolute Gasteiger partial charge is 0.201 e. The van der Waals surface area contributed by atoms with E-state index in [0.717, 1.165) is 49.0 Å². The van der Waals surface area contributed by atoms with Crippen LogP contribution in [0.4, 0.5) is 13.2 Å². The highest BCUT2D eigenvalue weighted by Crippen LogP contribution is 2.40. The molecule has 0 bridgehead atoms. The van der Waals surface area contributed by atoms with Crippen molar-refractivity contribution in [3.05, 3.63) is 65.5 Å². The molecule has 0 heterocycles. The Morgan fingerprint density at radius 1 is 0.732 bits per heavy atom. The summed E-state index contributed by atoms with van der Waals surface area (Å²) in [5.41, 5.74) is 0.997. The lowest BCUT2D eigenvalue weighted by molar-refractivity contribution is 0.288. The summed E-state index contributed by atoms with van der Waals surface area (Å²) in [6.45, 7) is 4.62. The van der Waals surface area contributed by atoms with Gasteiger partial charge in [-0.15, -0.1) is 0 Å². The molecule has 226 valence electrons. The second-order valence-electron chi connectivity index (χ2n) is 12.7. The molecule has 2 fully saturated rings. The summed E-state index contributed by atoms with van der Waals surface area (Å²) in [4.78, 5) is 0. The third-order valence-corrected chi connectivity index (χ3v) is 9.66. The van der Waals surface area contributed by atoms with E-state index in [-0.39, 0.29) is 16.9 Å². The van der Waals surface area contributed by atoms with E-state index in [1.54, 1.807) is 6.07 Å². The number of unbranched alkanes of at least 4 members (excludes halogenated alkanes) is 3. The maximum absolute atomic E-state index is 15.2. The van der Waals surface area contributed by atoms with E-state index in [0.29, 0.717) is 12.5 Å². The third kappa shape index (κ3) is 9.13. The van der Waals surface area contributed by atoms with E-state index >= 15 is 4.39 Å². The summed E-state index contributed by atoms with van der Waals surface area (Å²) in [5.74, 6) is 0.0889. The Bertz CT molecular complexity index is 1090. The van der Waals surface area contributed by atoms with Crippen molar-refractivity contribution in [1.29, 1.82) is 0 Å². The van der Waals surface area contributed by atoms with Crippen molar-refractivity contribution >= 4 is 0 Å². The number of ether oxygens (including phenoxy) is 1. The SMILES string of the molecule is CCCCCC1CCC(/C=C/CCC2CCC(c3ccc(-c4ccc(OCCCC)c(F)c4F)c(F)c3)CC2)CC1. The monoisotopic (exact) mass is 568 g/mol. The quantitative estimate of drug-likeness (QED) is 0.163. The lowest BCUT2D eigenvalue weighted by Crippen LogP contribution is -2.14. The molecular weight excluding hydrogens is 517 g/mol. The molecule has 0 amide bonds. The van der Waals surface area contributed by atoms with Crippen LogP contribution in [-0.4, -0.2) is 6.61 Å². The molecule has 0 unspecified atom stereocenters. The summed E-state index contributed by atoms with van der Waals surface area (Å²) in [7, 11) is 0. The molecular formula is C37H51F3O. The number of halogens is 3. The zero-order valence-electron chi connectivity index (χ0n) is 25.4. The van der Waals surface area contributed by atoms with Crippen LogP contribution in [0.25, 0.3) is 11.1 Å². The van der Waals surface area contributed by atoms with Crippen molar-refractivity contribution in [1.82, 2.24) is 0 Å². The molecule has 2 aromatic rings. The van der Waals surface area contributed by atoms with Crippen LogP contribution in [0, 0.1) is 35.2 Å². The van der Waals surface area contributed by atoms with Crippen LogP contribution in [0.15, 0.2) is 42.5 Å². The normalized spacial score (nSPS) is 23.2. The largest absolute Gasteiger partial charge is 0.490 e. The molecule has 2 saturated carbocycles. The Labute approximate surface area is 247 Å². The van der Waals surface area contributed by atoms with Gasteiger partial charge < -0.3 is 4.74 Å². The number of benzene rings is 2. The Morgan fingerprint density at radius 3 is 2.12 bits per heavy atom. The topological polar surface area (TPSA) is 9.23 Å². The first kappa shape index (κ1) is 31.7. The van der Waals surface area contributed by atoms with Crippen molar-refractivity contribution in [2.45, 2.75) is 122 Å². The number of rotatable bonds is 14. The Hall–Kier alpha value is -2.23. The van der Waals surface area contributed by atoms with Gasteiger partial charge >= 0.3 is 0 Å². The van der Waals surface area contributed by atoms with Gasteiger partial charge in [0.15, 0.2) is 11.6 Å². The summed E-state index contributed by atoms with van der Waals surface area (Å²) in [6.07, 6.45) is 24.6. The maximum Gasteiger partial charge on any atom is 0.201 e. The van der Waals surface area contributed by atoms with Gasteiger partial charge in [0.2, 0.25) is 5.82 Å². The Morgan fingerprint density at radius 2 is 1.41 bits per heavy atom. The van der Waals surface area contributed by atoms with E-state index in [4.69, 9.17) is 4.74 Å². The minimum absolute atomic E-state index is 0.0637. The maximum atomic E-state index is 15.2. The van der Waals surface area contributed by atoms with Crippen LogP contribution in [-0.2, 0) is 0 Å². The van der Waals surface area contributed by atoms with Gasteiger partial charge in [0.05, 0.1) is 6.61 Å². The highest BCUT2D eigenvalue weighted by molar-refractivity contribution is 5.66. The first-order valence-corrected chi connectivity index (χ1v) is 16.6. The minimum atomic E-state index is -1.06. The van der Waals surface area contributed by atoms with Gasteiger partial charge in [0.25, 0.3) is 0 Å². The second kappa shape index (κ2) is 16.4. The molecule has 0 aliphatic heterocycles. The van der Waals surface area contributed by atoms with Crippen molar-refractivity contribution < 1.29 is 17.9 Å². The molecule has 1 nitrogen and oxygen atoms in total. The highest BCUT2D eigenvalue weighted by Gasteiger charge is 2.24. The van der Waals surface area contributed by atoms with Gasteiger partial charge in [-0.3, -0.25) is 0 Å². The van der Waals surface area contributed by atoms with Gasteiger partial charge in [-0.05, 0) is 118 Å². The van der Waals surface area contributed by atoms with E-state index in [1.165, 1.54) is 95.2 Å². The summed E-state index contributed by atoms with van der Waals surface area (Å²) in [5, 5.41) is 0. The average Bonchev–Trinajstić information content (AvgIpc) is 2.99. The van der Waals surface area contributed by atoms with Gasteiger partial charge in [-0.1, -0.05) is 70.2 Å². The zero-order valence-corrected chi connectivity index (χ0v) is 25.4. The fourth-order valence-electron chi connectivity index (χ4n) is 6.94. The molecule has 2 aromatic carbocycles. The predicted molar refractivity (Wildman–Crippen MR) is 165 cm³/mol. The molecule has 41 heavy (non-hydrogen) atoms. The standard InChI is InChI=1S/C37H51F3O/c1-3-5-7-10-27-13-15-28(16-14-27)11-8-9-12-29-17-19-30(20-18-29)31-21-22-32(34(38)26-31)33-23-24-35(37(40)36(33)39)41-25-6-4-2/h8,11,21-24,26-30H,3-7,9-10,12-20,25H2,1-2H3/b11-8+. The van der Waals surface area contributed by atoms with E-state index < -0.39 is 17.5 Å². The molecule has 2 aliphatic rings. The molecule has 0 aromatic heterocycles. The fourth-order valence-corrected chi connectivity index (χ4v) is 6.94. The first-order chi connectivity index (χ1) is 20.0. The van der Waals surface area contributed by atoms with Crippen LogP contribution in [0.1, 0.15) is 128 Å². The molecule has 2 aliphatic carbocycles. The van der Waals surface area contributed by atoms with Gasteiger partial charge in [0, 0.05) is 11.1 Å². The van der Waals surface area contributed by atoms with Crippen molar-refractivity contribution in [2.24, 2.45) is 17.8 Å². The second-order valence-corrected chi connectivity index (χ2v) is 12.7. The summed E-state index contributed by atoms with van der Waals surface area (Å²) >= 11 is 0. The number of allylic oxidation sites excluding steroid dienone is 2. The zero-order chi connectivity index (χ0) is 29.0. The fraction of sp³-hybridized carbons (Fsp3) is 0.622. The Balaban J connectivity index is 1.21. The van der Waals surface area contributed by atoms with Crippen LogP contribution in [0.5, 0.6) is 5.75 Å². The lowest BCUT2D eigenvalue weighted by Gasteiger charge is -2.29. The molecule has 4 heteroatoms. The predicted octanol–water partition coefficient (Wildman–Crippen LogP) is 11.9. The van der Waals surface area contributed by atoms with Crippen LogP contribution < -0.4 is 4.74 Å². The highest BCUT2D eigenvalue weighted by atomic mass is 19.2. The molecule has 0 radical (unpaired) electrons. The van der Waals surface area contributed by atoms with Gasteiger partial charge in [-0.25, -0.2) is 8.78 Å². The number of hydrogen-bond donors (Lipinski definition) is 0. The summed E-state index contributed by atoms with van der Waals surface area (Å²) in [6, 6.07) is 7.85. The van der Waals surface area contributed by atoms with Crippen LogP contribution in [0.3, 0.4) is 0 Å². The van der Waals surface area contributed by atoms with Crippen LogP contribution in [0.2, 0.25) is 0 Å². The van der Waals surface area contributed by atoms with Gasteiger partial charge in [-0.2, -0.15) is 4.39 Å². The third-order valence-electron chi connectivity index (χ3n) is 9.66. The molecule has 0 N–H and O–H groups in total. The molecule has 0 saturated heterocycles. The van der Waals surface area contributed by atoms with E-state index in [2.05, 4.69) is 19.1 Å². The van der Waals surface area contributed by atoms with Crippen LogP contribution >= 0.6 is 0 Å². The summed E-state index contributed by atoms with van der Waals surface area (Å²) < 4.78 is 49.9. The van der Waals surface area contributed by atoms with Crippen molar-refractivity contribution in [2.75, 3.05) is 6.61 Å². The number of hydrogen-bond acceptors (Lipinski definition) is 1. The molecule has 4 rings (SSSR count). The minimum Gasteiger partial charge on any atom is -0.490 e. The molecule has 0 spiro atoms. The lowest BCUT2D eigenvalue weighted by atomic mass is 9.76. The molecule has 0 atom stereocenters. The van der Waals surface area contributed by atoms with Crippen molar-refractivity contribution in [3.63, 3.8) is 0 Å².